The quantitative estimate of drug-likeness (QED) is 0.863. The van der Waals surface area contributed by atoms with Gasteiger partial charge in [0.1, 0.15) is 0 Å². The second-order valence-corrected chi connectivity index (χ2v) is 7.83. The van der Waals surface area contributed by atoms with Gasteiger partial charge in [-0.05, 0) is 67.2 Å². The van der Waals surface area contributed by atoms with Gasteiger partial charge in [-0.3, -0.25) is 9.59 Å². The highest BCUT2D eigenvalue weighted by Gasteiger charge is 2.71. The van der Waals surface area contributed by atoms with Crippen LogP contribution >= 0.6 is 15.9 Å². The largest absolute Gasteiger partial charge is 0.481 e. The third-order valence-corrected chi connectivity index (χ3v) is 6.58. The third-order valence-electron chi connectivity index (χ3n) is 6.05. The molecule has 3 fully saturated rings. The van der Waals surface area contributed by atoms with Crippen LogP contribution in [0.4, 0.5) is 5.69 Å². The van der Waals surface area contributed by atoms with Crippen LogP contribution in [0.25, 0.3) is 0 Å². The van der Waals surface area contributed by atoms with Gasteiger partial charge in [-0.15, -0.1) is 0 Å². The number of hydrogen-bond acceptors (Lipinski definition) is 2. The fourth-order valence-electron chi connectivity index (χ4n) is 5.10. The van der Waals surface area contributed by atoms with Gasteiger partial charge in [0.25, 0.3) is 0 Å². The Kier molecular flexibility index (Phi) is 3.12. The number of anilines is 1. The minimum atomic E-state index is -0.797. The lowest BCUT2D eigenvalue weighted by Crippen LogP contribution is -2.37. The normalized spacial score (nSPS) is 33.9. The van der Waals surface area contributed by atoms with Gasteiger partial charge in [0.15, 0.2) is 0 Å². The maximum atomic E-state index is 12.7. The molecule has 5 heteroatoms. The van der Waals surface area contributed by atoms with Crippen LogP contribution in [-0.4, -0.2) is 17.0 Å². The molecule has 0 radical (unpaired) electrons. The number of nitrogens with one attached hydrogen (secondary N) is 1. The van der Waals surface area contributed by atoms with Gasteiger partial charge in [-0.25, -0.2) is 0 Å². The van der Waals surface area contributed by atoms with Crippen molar-refractivity contribution in [3.63, 3.8) is 0 Å². The highest BCUT2D eigenvalue weighted by atomic mass is 79.9. The van der Waals surface area contributed by atoms with Crippen LogP contribution < -0.4 is 5.32 Å². The van der Waals surface area contributed by atoms with Gasteiger partial charge in [0, 0.05) is 10.2 Å². The molecule has 4 unspecified atom stereocenters. The molecular formula is C17H18BrNO3. The number of amides is 1. The molecule has 116 valence electrons. The molecule has 0 aromatic heterocycles. The monoisotopic (exact) mass is 363 g/mol. The molecule has 3 aliphatic carbocycles. The highest BCUT2D eigenvalue weighted by Crippen LogP contribution is 2.74. The summed E-state index contributed by atoms with van der Waals surface area (Å²) in [5.74, 6) is -1.33. The standard InChI is InChI=1S/C17H18BrNO3/c18-9-1-3-10(4-2-9)19-15(20)13-11-5-6-12(14(13)16(21)22)17(11)7-8-17/h1-4,11-14H,5-8H2,(H,19,20)(H,21,22). The SMILES string of the molecule is O=C(O)C1C(C(=O)Nc2ccc(Br)cc2)C2CCC1C21CC1. The summed E-state index contributed by atoms with van der Waals surface area (Å²) in [5, 5.41) is 12.6. The minimum Gasteiger partial charge on any atom is -0.481 e. The smallest absolute Gasteiger partial charge is 0.307 e. The number of carbonyl (C=O) groups is 2. The fourth-order valence-corrected chi connectivity index (χ4v) is 5.36. The van der Waals surface area contributed by atoms with E-state index in [0.717, 1.165) is 35.8 Å². The Hall–Kier alpha value is -1.36. The van der Waals surface area contributed by atoms with Gasteiger partial charge >= 0.3 is 5.97 Å². The molecule has 2 N–H and O–H groups in total. The molecule has 2 bridgehead atoms. The van der Waals surface area contributed by atoms with Crippen LogP contribution in [0, 0.1) is 29.1 Å². The van der Waals surface area contributed by atoms with Crippen molar-refractivity contribution in [2.45, 2.75) is 25.7 Å². The molecule has 4 atom stereocenters. The van der Waals surface area contributed by atoms with E-state index >= 15 is 0 Å². The highest BCUT2D eigenvalue weighted by molar-refractivity contribution is 9.10. The van der Waals surface area contributed by atoms with E-state index in [1.165, 1.54) is 0 Å². The summed E-state index contributed by atoms with van der Waals surface area (Å²) in [6, 6.07) is 7.40. The molecule has 22 heavy (non-hydrogen) atoms. The van der Waals surface area contributed by atoms with Crippen molar-refractivity contribution in [1.29, 1.82) is 0 Å². The zero-order chi connectivity index (χ0) is 15.5. The molecular weight excluding hydrogens is 346 g/mol. The number of hydrogen-bond donors (Lipinski definition) is 2. The summed E-state index contributed by atoms with van der Waals surface area (Å²) in [6.07, 6.45) is 4.19. The van der Waals surface area contributed by atoms with Crippen molar-refractivity contribution < 1.29 is 14.7 Å². The minimum absolute atomic E-state index is 0.117. The van der Waals surface area contributed by atoms with Crippen molar-refractivity contribution in [3.05, 3.63) is 28.7 Å². The molecule has 0 aliphatic heterocycles. The number of benzene rings is 1. The van der Waals surface area contributed by atoms with Crippen molar-refractivity contribution in [2.75, 3.05) is 5.32 Å². The molecule has 3 aliphatic rings. The molecule has 0 saturated heterocycles. The zero-order valence-electron chi connectivity index (χ0n) is 12.1. The molecule has 1 amide bonds. The van der Waals surface area contributed by atoms with Gasteiger partial charge in [0.05, 0.1) is 11.8 Å². The van der Waals surface area contributed by atoms with Gasteiger partial charge in [0.2, 0.25) is 5.91 Å². The van der Waals surface area contributed by atoms with Crippen molar-refractivity contribution in [2.24, 2.45) is 29.1 Å². The summed E-state index contributed by atoms with van der Waals surface area (Å²) >= 11 is 3.37. The van der Waals surface area contributed by atoms with E-state index < -0.39 is 11.9 Å². The number of carboxylic acid groups (broad SMARTS) is 1. The van der Waals surface area contributed by atoms with Gasteiger partial charge < -0.3 is 10.4 Å². The first-order valence-electron chi connectivity index (χ1n) is 7.82. The fraction of sp³-hybridized carbons (Fsp3) is 0.529. The van der Waals surface area contributed by atoms with E-state index in [4.69, 9.17) is 0 Å². The number of carbonyl (C=O) groups excluding carboxylic acids is 1. The predicted octanol–water partition coefficient (Wildman–Crippen LogP) is 3.52. The van der Waals surface area contributed by atoms with Crippen LogP contribution in [0.5, 0.6) is 0 Å². The first-order valence-corrected chi connectivity index (χ1v) is 8.61. The Morgan fingerprint density at radius 3 is 2.23 bits per heavy atom. The summed E-state index contributed by atoms with van der Waals surface area (Å²) < 4.78 is 0.950. The van der Waals surface area contributed by atoms with Crippen LogP contribution in [-0.2, 0) is 9.59 Å². The Morgan fingerprint density at radius 1 is 1.09 bits per heavy atom. The number of carboxylic acids is 1. The summed E-state index contributed by atoms with van der Waals surface area (Å²) in [6.45, 7) is 0. The van der Waals surface area contributed by atoms with E-state index in [-0.39, 0.29) is 29.1 Å². The molecule has 4 rings (SSSR count). The summed E-state index contributed by atoms with van der Waals surface area (Å²) in [7, 11) is 0. The van der Waals surface area contributed by atoms with Gasteiger partial charge in [-0.1, -0.05) is 15.9 Å². The van der Waals surface area contributed by atoms with Crippen molar-refractivity contribution in [3.8, 4) is 0 Å². The molecule has 3 saturated carbocycles. The lowest BCUT2D eigenvalue weighted by molar-refractivity contribution is -0.148. The van der Waals surface area contributed by atoms with Crippen molar-refractivity contribution in [1.82, 2.24) is 0 Å². The van der Waals surface area contributed by atoms with Crippen LogP contribution in [0.15, 0.2) is 28.7 Å². The average Bonchev–Trinajstić information content (AvgIpc) is 3.15. The van der Waals surface area contributed by atoms with E-state index in [9.17, 15) is 14.7 Å². The lowest BCUT2D eigenvalue weighted by atomic mass is 9.78. The first-order chi connectivity index (χ1) is 10.5. The third kappa shape index (κ3) is 1.94. The molecule has 1 aromatic carbocycles. The maximum Gasteiger partial charge on any atom is 0.307 e. The maximum absolute atomic E-state index is 12.7. The Bertz CT molecular complexity index is 638. The zero-order valence-corrected chi connectivity index (χ0v) is 13.7. The van der Waals surface area contributed by atoms with E-state index in [1.54, 1.807) is 0 Å². The molecule has 1 spiro atoms. The van der Waals surface area contributed by atoms with Crippen LogP contribution in [0.3, 0.4) is 0 Å². The van der Waals surface area contributed by atoms with Crippen LogP contribution in [0.1, 0.15) is 25.7 Å². The number of rotatable bonds is 3. The Labute approximate surface area is 137 Å². The molecule has 1 aromatic rings. The number of halogens is 1. The van der Waals surface area contributed by atoms with Gasteiger partial charge in [-0.2, -0.15) is 0 Å². The predicted molar refractivity (Wildman–Crippen MR) is 85.3 cm³/mol. The van der Waals surface area contributed by atoms with Crippen LogP contribution in [0.2, 0.25) is 0 Å². The lowest BCUT2D eigenvalue weighted by Gasteiger charge is -2.26. The van der Waals surface area contributed by atoms with E-state index in [0.29, 0.717) is 0 Å². The second-order valence-electron chi connectivity index (χ2n) is 6.91. The van der Waals surface area contributed by atoms with Crippen molar-refractivity contribution >= 4 is 33.5 Å². The van der Waals surface area contributed by atoms with E-state index in [2.05, 4.69) is 21.2 Å². The Morgan fingerprint density at radius 2 is 1.68 bits per heavy atom. The second kappa shape index (κ2) is 4.82. The first kappa shape index (κ1) is 14.2. The van der Waals surface area contributed by atoms with E-state index in [1.807, 2.05) is 24.3 Å². The average molecular weight is 364 g/mol. The topological polar surface area (TPSA) is 66.4 Å². The Balaban J connectivity index is 1.59. The molecule has 0 heterocycles. The number of aliphatic carboxylic acids is 1. The summed E-state index contributed by atoms with van der Waals surface area (Å²) in [5.41, 5.74) is 0.898. The summed E-state index contributed by atoms with van der Waals surface area (Å²) in [4.78, 5) is 24.5. The molecule has 4 nitrogen and oxygen atoms in total.